The van der Waals surface area contributed by atoms with Crippen molar-refractivity contribution >= 4 is 27.3 Å². The van der Waals surface area contributed by atoms with Crippen LogP contribution in [0.2, 0.25) is 5.02 Å². The number of ether oxygens (including phenoxy) is 1. The van der Waals surface area contributed by atoms with Crippen molar-refractivity contribution in [3.05, 3.63) is 23.2 Å². The van der Waals surface area contributed by atoms with Crippen LogP contribution in [-0.4, -0.2) is 28.2 Å². The molecule has 17 heavy (non-hydrogen) atoms. The number of sulfonamides is 1. The van der Waals surface area contributed by atoms with Gasteiger partial charge < -0.3 is 10.5 Å². The highest BCUT2D eigenvalue weighted by molar-refractivity contribution is 7.89. The lowest BCUT2D eigenvalue weighted by Gasteiger charge is -2.12. The first-order valence-electron chi connectivity index (χ1n) is 4.94. The van der Waals surface area contributed by atoms with Crippen LogP contribution in [0.1, 0.15) is 6.92 Å². The fourth-order valence-corrected chi connectivity index (χ4v) is 2.56. The van der Waals surface area contributed by atoms with Crippen molar-refractivity contribution in [2.24, 2.45) is 0 Å². The van der Waals surface area contributed by atoms with Crippen molar-refractivity contribution in [1.29, 1.82) is 0 Å². The van der Waals surface area contributed by atoms with Crippen molar-refractivity contribution in [2.75, 3.05) is 19.4 Å². The number of rotatable bonds is 5. The molecule has 0 saturated carbocycles. The van der Waals surface area contributed by atoms with Gasteiger partial charge in [-0.15, -0.1) is 0 Å². The molecule has 0 bridgehead atoms. The van der Waals surface area contributed by atoms with Gasteiger partial charge in [0.15, 0.2) is 0 Å². The Morgan fingerprint density at radius 2 is 2.18 bits per heavy atom. The first kappa shape index (κ1) is 14.2. The number of benzene rings is 1. The second-order valence-corrected chi connectivity index (χ2v) is 5.75. The van der Waals surface area contributed by atoms with Crippen LogP contribution in [0.15, 0.2) is 23.1 Å². The Morgan fingerprint density at radius 1 is 1.53 bits per heavy atom. The number of hydrogen-bond acceptors (Lipinski definition) is 4. The summed E-state index contributed by atoms with van der Waals surface area (Å²) in [5, 5.41) is 0.395. The molecule has 1 aromatic carbocycles. The topological polar surface area (TPSA) is 81.4 Å². The summed E-state index contributed by atoms with van der Waals surface area (Å²) in [6, 6.07) is 4.25. The van der Waals surface area contributed by atoms with Gasteiger partial charge in [0.25, 0.3) is 0 Å². The van der Waals surface area contributed by atoms with Crippen LogP contribution in [0, 0.1) is 0 Å². The van der Waals surface area contributed by atoms with Crippen LogP contribution in [0.3, 0.4) is 0 Å². The van der Waals surface area contributed by atoms with Gasteiger partial charge >= 0.3 is 0 Å². The Morgan fingerprint density at radius 3 is 2.71 bits per heavy atom. The summed E-state index contributed by atoms with van der Waals surface area (Å²) in [5.41, 5.74) is 5.73. The minimum Gasteiger partial charge on any atom is -0.398 e. The van der Waals surface area contributed by atoms with Gasteiger partial charge in [-0.1, -0.05) is 11.6 Å². The zero-order valence-corrected chi connectivity index (χ0v) is 11.2. The molecule has 0 aliphatic rings. The highest BCUT2D eigenvalue weighted by Crippen LogP contribution is 2.22. The first-order valence-corrected chi connectivity index (χ1v) is 6.80. The standard InChI is InChI=1S/C10H15ClN2O3S/c1-7(16-2)6-13-17(14,15)10-4-3-8(11)5-9(10)12/h3-5,7,13H,6,12H2,1-2H3. The average molecular weight is 279 g/mol. The molecule has 0 heterocycles. The van der Waals surface area contributed by atoms with Crippen LogP contribution in [-0.2, 0) is 14.8 Å². The Labute approximate surface area is 106 Å². The van der Waals surface area contributed by atoms with E-state index in [1.165, 1.54) is 25.3 Å². The van der Waals surface area contributed by atoms with E-state index in [-0.39, 0.29) is 23.2 Å². The average Bonchev–Trinajstić information content (AvgIpc) is 2.25. The fourth-order valence-electron chi connectivity index (χ4n) is 1.15. The second-order valence-electron chi connectivity index (χ2n) is 3.58. The molecule has 0 aromatic heterocycles. The molecule has 5 nitrogen and oxygen atoms in total. The van der Waals surface area contributed by atoms with E-state index in [1.807, 2.05) is 0 Å². The first-order chi connectivity index (χ1) is 7.86. The predicted octanol–water partition coefficient (Wildman–Crippen LogP) is 1.24. The van der Waals surface area contributed by atoms with Gasteiger partial charge in [-0.05, 0) is 25.1 Å². The number of anilines is 1. The van der Waals surface area contributed by atoms with E-state index in [0.29, 0.717) is 5.02 Å². The molecule has 0 radical (unpaired) electrons. The van der Waals surface area contributed by atoms with Crippen molar-refractivity contribution in [2.45, 2.75) is 17.9 Å². The largest absolute Gasteiger partial charge is 0.398 e. The third-order valence-electron chi connectivity index (χ3n) is 2.22. The zero-order chi connectivity index (χ0) is 13.1. The molecule has 96 valence electrons. The summed E-state index contributed by atoms with van der Waals surface area (Å²) < 4.78 is 31.2. The molecule has 0 saturated heterocycles. The SMILES string of the molecule is COC(C)CNS(=O)(=O)c1ccc(Cl)cc1N. The molecule has 3 N–H and O–H groups in total. The molecule has 0 fully saturated rings. The molecule has 0 aliphatic heterocycles. The lowest BCUT2D eigenvalue weighted by molar-refractivity contribution is 0.122. The van der Waals surface area contributed by atoms with Gasteiger partial charge in [0, 0.05) is 18.7 Å². The highest BCUT2D eigenvalue weighted by Gasteiger charge is 2.18. The molecular formula is C10H15ClN2O3S. The molecule has 1 aromatic rings. The number of nitrogens with two attached hydrogens (primary N) is 1. The van der Waals surface area contributed by atoms with Gasteiger partial charge in [0.1, 0.15) is 4.90 Å². The molecule has 1 unspecified atom stereocenters. The number of nitrogen functional groups attached to an aromatic ring is 1. The predicted molar refractivity (Wildman–Crippen MR) is 67.5 cm³/mol. The third-order valence-corrected chi connectivity index (χ3v) is 3.96. The monoisotopic (exact) mass is 278 g/mol. The lowest BCUT2D eigenvalue weighted by Crippen LogP contribution is -2.32. The number of hydrogen-bond donors (Lipinski definition) is 2. The van der Waals surface area contributed by atoms with Gasteiger partial charge in [0.05, 0.1) is 11.8 Å². The molecule has 0 amide bonds. The lowest BCUT2D eigenvalue weighted by atomic mass is 10.3. The van der Waals surface area contributed by atoms with E-state index in [1.54, 1.807) is 6.92 Å². The normalized spacial score (nSPS) is 13.6. The highest BCUT2D eigenvalue weighted by atomic mass is 35.5. The Hall–Kier alpha value is -0.820. The maximum atomic E-state index is 11.9. The minimum atomic E-state index is -3.63. The number of methoxy groups -OCH3 is 1. The smallest absolute Gasteiger partial charge is 0.242 e. The van der Waals surface area contributed by atoms with Crippen LogP contribution in [0.5, 0.6) is 0 Å². The van der Waals surface area contributed by atoms with Crippen LogP contribution < -0.4 is 10.5 Å². The van der Waals surface area contributed by atoms with E-state index in [4.69, 9.17) is 22.1 Å². The van der Waals surface area contributed by atoms with E-state index >= 15 is 0 Å². The Kier molecular flexibility index (Phi) is 4.76. The molecule has 1 atom stereocenters. The zero-order valence-electron chi connectivity index (χ0n) is 9.60. The summed E-state index contributed by atoms with van der Waals surface area (Å²) in [4.78, 5) is 0.0187. The van der Waals surface area contributed by atoms with E-state index in [9.17, 15) is 8.42 Å². The van der Waals surface area contributed by atoms with E-state index in [2.05, 4.69) is 4.72 Å². The molecule has 0 spiro atoms. The van der Waals surface area contributed by atoms with Crippen molar-refractivity contribution in [3.8, 4) is 0 Å². The quantitative estimate of drug-likeness (QED) is 0.794. The minimum absolute atomic E-state index is 0.0187. The van der Waals surface area contributed by atoms with Gasteiger partial charge in [-0.25, -0.2) is 13.1 Å². The van der Waals surface area contributed by atoms with Gasteiger partial charge in [-0.3, -0.25) is 0 Å². The maximum Gasteiger partial charge on any atom is 0.242 e. The summed E-state index contributed by atoms with van der Waals surface area (Å²) >= 11 is 5.70. The van der Waals surface area contributed by atoms with Crippen molar-refractivity contribution < 1.29 is 13.2 Å². The maximum absolute atomic E-state index is 11.9. The summed E-state index contributed by atoms with van der Waals surface area (Å²) in [6.45, 7) is 1.94. The number of halogens is 1. The van der Waals surface area contributed by atoms with Crippen LogP contribution >= 0.6 is 11.6 Å². The van der Waals surface area contributed by atoms with Gasteiger partial charge in [0.2, 0.25) is 10.0 Å². The molecule has 7 heteroatoms. The fraction of sp³-hybridized carbons (Fsp3) is 0.400. The summed E-state index contributed by atoms with van der Waals surface area (Å²) in [5.74, 6) is 0. The molecule has 0 aliphatic carbocycles. The second kappa shape index (κ2) is 5.68. The van der Waals surface area contributed by atoms with Gasteiger partial charge in [-0.2, -0.15) is 0 Å². The van der Waals surface area contributed by atoms with Crippen molar-refractivity contribution in [3.63, 3.8) is 0 Å². The summed E-state index contributed by atoms with van der Waals surface area (Å²) in [6.07, 6.45) is -0.210. The Bertz CT molecular complexity index is 490. The third kappa shape index (κ3) is 3.85. The van der Waals surface area contributed by atoms with Crippen LogP contribution in [0.4, 0.5) is 5.69 Å². The van der Waals surface area contributed by atoms with E-state index in [0.717, 1.165) is 0 Å². The summed E-state index contributed by atoms with van der Waals surface area (Å²) in [7, 11) is -2.12. The van der Waals surface area contributed by atoms with Crippen LogP contribution in [0.25, 0.3) is 0 Å². The molecule has 1 rings (SSSR count). The number of nitrogens with one attached hydrogen (secondary N) is 1. The van der Waals surface area contributed by atoms with E-state index < -0.39 is 10.0 Å². The van der Waals surface area contributed by atoms with Crippen molar-refractivity contribution in [1.82, 2.24) is 4.72 Å². The molecular weight excluding hydrogens is 264 g/mol. The Balaban J connectivity index is 2.90.